The third-order valence-electron chi connectivity index (χ3n) is 3.11. The van der Waals surface area contributed by atoms with E-state index in [1.807, 2.05) is 39.8 Å². The number of ether oxygens (including phenoxy) is 1. The zero-order valence-electron chi connectivity index (χ0n) is 16.8. The van der Waals surface area contributed by atoms with Crippen LogP contribution in [0.1, 0.15) is 41.0 Å². The van der Waals surface area contributed by atoms with Crippen LogP contribution in [0.5, 0.6) is 0 Å². The molecule has 27 heavy (non-hydrogen) atoms. The summed E-state index contributed by atoms with van der Waals surface area (Å²) in [7, 11) is 0. The highest BCUT2D eigenvalue weighted by Gasteiger charge is 2.10. The SMILES string of the molecule is C/C=C(C(/N)=N/NCC(=O)OCC)\C(=C/CC)Nc1ccc(F)cc1.CC. The Morgan fingerprint density at radius 2 is 1.89 bits per heavy atom. The van der Waals surface area contributed by atoms with Gasteiger partial charge < -0.3 is 15.8 Å². The maximum absolute atomic E-state index is 13.0. The van der Waals surface area contributed by atoms with Crippen molar-refractivity contribution in [1.29, 1.82) is 0 Å². The van der Waals surface area contributed by atoms with Crippen molar-refractivity contribution in [2.24, 2.45) is 10.8 Å². The van der Waals surface area contributed by atoms with Crippen LogP contribution in [0, 0.1) is 5.82 Å². The molecule has 0 bridgehead atoms. The van der Waals surface area contributed by atoms with Gasteiger partial charge in [0.25, 0.3) is 0 Å². The Morgan fingerprint density at radius 3 is 2.41 bits per heavy atom. The van der Waals surface area contributed by atoms with Gasteiger partial charge in [0.15, 0.2) is 5.84 Å². The standard InChI is InChI=1S/C18H25FN4O2.C2H6/c1-4-7-16(22-14-10-8-13(19)9-11-14)15(5-2)18(20)23-21-12-17(24)25-6-3;1-2/h5,7-11,21-22H,4,6,12H2,1-3H3,(H2,20,23);1-2H3/b15-5+,16-7+;. The second kappa shape index (κ2) is 14.4. The summed E-state index contributed by atoms with van der Waals surface area (Å²) in [5, 5.41) is 7.22. The van der Waals surface area contributed by atoms with Crippen LogP contribution in [0.15, 0.2) is 52.8 Å². The van der Waals surface area contributed by atoms with Crippen LogP contribution in [0.25, 0.3) is 0 Å². The second-order valence-corrected chi connectivity index (χ2v) is 5.00. The number of rotatable bonds is 9. The number of nitrogens with one attached hydrogen (secondary N) is 2. The third kappa shape index (κ3) is 9.44. The van der Waals surface area contributed by atoms with Gasteiger partial charge in [0.05, 0.1) is 6.61 Å². The number of benzene rings is 1. The summed E-state index contributed by atoms with van der Waals surface area (Å²) in [4.78, 5) is 11.3. The van der Waals surface area contributed by atoms with Crippen molar-refractivity contribution < 1.29 is 13.9 Å². The van der Waals surface area contributed by atoms with E-state index in [0.29, 0.717) is 12.2 Å². The molecule has 0 aliphatic carbocycles. The molecule has 0 saturated heterocycles. The predicted molar refractivity (Wildman–Crippen MR) is 110 cm³/mol. The lowest BCUT2D eigenvalue weighted by Gasteiger charge is -2.15. The fourth-order valence-corrected chi connectivity index (χ4v) is 2.02. The molecule has 1 aromatic carbocycles. The Kier molecular flexibility index (Phi) is 12.8. The van der Waals surface area contributed by atoms with Gasteiger partial charge in [-0.3, -0.25) is 10.2 Å². The van der Waals surface area contributed by atoms with Crippen molar-refractivity contribution in [3.05, 3.63) is 53.5 Å². The van der Waals surface area contributed by atoms with E-state index in [1.165, 1.54) is 12.1 Å². The van der Waals surface area contributed by atoms with E-state index in [2.05, 4.69) is 15.8 Å². The lowest BCUT2D eigenvalue weighted by atomic mass is 10.1. The van der Waals surface area contributed by atoms with Gasteiger partial charge in [-0.1, -0.05) is 32.9 Å². The molecule has 0 heterocycles. The maximum atomic E-state index is 13.0. The van der Waals surface area contributed by atoms with Gasteiger partial charge in [0, 0.05) is 17.0 Å². The molecular weight excluding hydrogens is 347 g/mol. The number of carbonyl (C=O) groups excluding carboxylic acids is 1. The van der Waals surface area contributed by atoms with Crippen LogP contribution in [-0.4, -0.2) is 25.0 Å². The quantitative estimate of drug-likeness (QED) is 0.199. The molecule has 0 unspecified atom stereocenters. The molecule has 0 atom stereocenters. The molecule has 0 aliphatic heterocycles. The van der Waals surface area contributed by atoms with Crippen molar-refractivity contribution in [2.45, 2.75) is 41.0 Å². The lowest BCUT2D eigenvalue weighted by Crippen LogP contribution is -2.26. The normalized spacial score (nSPS) is 12.0. The van der Waals surface area contributed by atoms with Crippen LogP contribution < -0.4 is 16.5 Å². The Bertz CT molecular complexity index is 652. The highest BCUT2D eigenvalue weighted by atomic mass is 19.1. The van der Waals surface area contributed by atoms with Crippen molar-refractivity contribution in [3.63, 3.8) is 0 Å². The summed E-state index contributed by atoms with van der Waals surface area (Å²) in [5.74, 6) is -0.488. The van der Waals surface area contributed by atoms with E-state index in [0.717, 1.165) is 17.8 Å². The molecule has 6 nitrogen and oxygen atoms in total. The first-order valence-electron chi connectivity index (χ1n) is 9.13. The number of halogens is 1. The van der Waals surface area contributed by atoms with Crippen molar-refractivity contribution in [2.75, 3.05) is 18.5 Å². The summed E-state index contributed by atoms with van der Waals surface area (Å²) in [6.45, 7) is 9.80. The van der Waals surface area contributed by atoms with E-state index in [4.69, 9.17) is 10.5 Å². The first-order chi connectivity index (χ1) is 13.0. The van der Waals surface area contributed by atoms with E-state index in [9.17, 15) is 9.18 Å². The second-order valence-electron chi connectivity index (χ2n) is 5.00. The summed E-state index contributed by atoms with van der Waals surface area (Å²) in [6, 6.07) is 6.02. The topological polar surface area (TPSA) is 88.7 Å². The van der Waals surface area contributed by atoms with Crippen LogP contribution >= 0.6 is 0 Å². The van der Waals surface area contributed by atoms with Gasteiger partial charge >= 0.3 is 5.97 Å². The molecule has 4 N–H and O–H groups in total. The van der Waals surface area contributed by atoms with Gasteiger partial charge in [0.1, 0.15) is 12.4 Å². The van der Waals surface area contributed by atoms with E-state index < -0.39 is 5.97 Å². The number of amidine groups is 1. The summed E-state index contributed by atoms with van der Waals surface area (Å²) < 4.78 is 17.9. The number of esters is 1. The number of carbonyl (C=O) groups is 1. The molecule has 7 heteroatoms. The molecule has 150 valence electrons. The molecular formula is C20H31FN4O2. The first kappa shape index (κ1) is 24.2. The smallest absolute Gasteiger partial charge is 0.327 e. The number of nitrogens with two attached hydrogens (primary N) is 1. The van der Waals surface area contributed by atoms with Gasteiger partial charge in [-0.2, -0.15) is 5.10 Å². The highest BCUT2D eigenvalue weighted by molar-refractivity contribution is 6.01. The summed E-state index contributed by atoms with van der Waals surface area (Å²) in [5.41, 5.74) is 10.8. The van der Waals surface area contributed by atoms with Crippen molar-refractivity contribution >= 4 is 17.5 Å². The Labute approximate surface area is 161 Å². The number of allylic oxidation sites excluding steroid dienone is 2. The fourth-order valence-electron chi connectivity index (χ4n) is 2.02. The summed E-state index contributed by atoms with van der Waals surface area (Å²) >= 11 is 0. The Hall–Kier alpha value is -2.83. The average molecular weight is 378 g/mol. The zero-order chi connectivity index (χ0) is 20.7. The monoisotopic (exact) mass is 378 g/mol. The molecule has 0 amide bonds. The molecule has 0 aliphatic rings. The van der Waals surface area contributed by atoms with Crippen LogP contribution in [0.4, 0.5) is 10.1 Å². The number of hydrogen-bond acceptors (Lipinski definition) is 5. The van der Waals surface area contributed by atoms with Gasteiger partial charge in [0.2, 0.25) is 0 Å². The lowest BCUT2D eigenvalue weighted by molar-refractivity contribution is -0.141. The van der Waals surface area contributed by atoms with E-state index in [1.54, 1.807) is 19.1 Å². The maximum Gasteiger partial charge on any atom is 0.327 e. The third-order valence-corrected chi connectivity index (χ3v) is 3.11. The minimum atomic E-state index is -0.408. The zero-order valence-corrected chi connectivity index (χ0v) is 16.8. The van der Waals surface area contributed by atoms with Crippen LogP contribution in [0.3, 0.4) is 0 Å². The fraction of sp³-hybridized carbons (Fsp3) is 0.400. The van der Waals surface area contributed by atoms with Crippen molar-refractivity contribution in [3.8, 4) is 0 Å². The molecule has 0 radical (unpaired) electrons. The minimum Gasteiger partial charge on any atom is -0.465 e. The predicted octanol–water partition coefficient (Wildman–Crippen LogP) is 3.93. The number of anilines is 1. The highest BCUT2D eigenvalue weighted by Crippen LogP contribution is 2.17. The molecule has 0 saturated carbocycles. The van der Waals surface area contributed by atoms with Gasteiger partial charge in [-0.05, 0) is 44.5 Å². The number of hydrogen-bond donors (Lipinski definition) is 3. The average Bonchev–Trinajstić information content (AvgIpc) is 2.66. The molecule has 1 aromatic rings. The van der Waals surface area contributed by atoms with Crippen molar-refractivity contribution in [1.82, 2.24) is 5.43 Å². The van der Waals surface area contributed by atoms with E-state index >= 15 is 0 Å². The molecule has 0 aromatic heterocycles. The molecule has 0 fully saturated rings. The largest absolute Gasteiger partial charge is 0.465 e. The Morgan fingerprint density at radius 1 is 1.26 bits per heavy atom. The summed E-state index contributed by atoms with van der Waals surface area (Å²) in [6.07, 6.45) is 4.53. The molecule has 1 rings (SSSR count). The van der Waals surface area contributed by atoms with Gasteiger partial charge in [-0.25, -0.2) is 4.39 Å². The molecule has 0 spiro atoms. The Balaban J connectivity index is 0.00000326. The van der Waals surface area contributed by atoms with Gasteiger partial charge in [-0.15, -0.1) is 0 Å². The number of hydrazone groups is 1. The number of nitrogens with zero attached hydrogens (tertiary/aromatic N) is 1. The van der Waals surface area contributed by atoms with Crippen LogP contribution in [-0.2, 0) is 9.53 Å². The van der Waals surface area contributed by atoms with Crippen LogP contribution in [0.2, 0.25) is 0 Å². The van der Waals surface area contributed by atoms with E-state index in [-0.39, 0.29) is 18.2 Å². The first-order valence-corrected chi connectivity index (χ1v) is 9.13. The minimum absolute atomic E-state index is 0.0657.